The Kier molecular flexibility index (Phi) is 7.04. The molecule has 0 spiro atoms. The van der Waals surface area contributed by atoms with Crippen molar-refractivity contribution in [1.82, 2.24) is 10.2 Å². The van der Waals surface area contributed by atoms with Crippen molar-refractivity contribution in [3.05, 3.63) is 51.7 Å². The summed E-state index contributed by atoms with van der Waals surface area (Å²) in [5.41, 5.74) is 2.04. The van der Waals surface area contributed by atoms with Crippen LogP contribution in [0.15, 0.2) is 35.7 Å². The largest absolute Gasteiger partial charge is 0.349 e. The fourth-order valence-electron chi connectivity index (χ4n) is 3.53. The molecule has 1 aliphatic rings. The molecule has 1 fully saturated rings. The number of thiophene rings is 1. The zero-order valence-corrected chi connectivity index (χ0v) is 17.7. The molecule has 154 valence electrons. The van der Waals surface area contributed by atoms with Crippen LogP contribution in [0.3, 0.4) is 0 Å². The third kappa shape index (κ3) is 5.67. The van der Waals surface area contributed by atoms with Gasteiger partial charge < -0.3 is 15.5 Å². The average Bonchev–Trinajstić information content (AvgIpc) is 3.24. The number of carbonyl (C=O) groups excluding carboxylic acids is 3. The number of nitrogens with zero attached hydrogens (tertiary/aromatic N) is 1. The van der Waals surface area contributed by atoms with Gasteiger partial charge in [-0.2, -0.15) is 0 Å². The Labute approximate surface area is 175 Å². The number of hydrogen-bond acceptors (Lipinski definition) is 4. The first-order valence-electron chi connectivity index (χ1n) is 9.94. The Balaban J connectivity index is 1.56. The van der Waals surface area contributed by atoms with Crippen LogP contribution in [-0.2, 0) is 4.79 Å². The van der Waals surface area contributed by atoms with Crippen LogP contribution in [0.25, 0.3) is 0 Å². The van der Waals surface area contributed by atoms with E-state index in [1.807, 2.05) is 12.3 Å². The molecule has 3 amide bonds. The molecule has 1 heterocycles. The maximum atomic E-state index is 12.5. The number of benzene rings is 1. The Morgan fingerprint density at radius 3 is 2.55 bits per heavy atom. The second-order valence-corrected chi connectivity index (χ2v) is 8.47. The summed E-state index contributed by atoms with van der Waals surface area (Å²) >= 11 is 1.35. The molecule has 7 heteroatoms. The SMILES string of the molecule is Cc1cc(C(=O)NC2CCCCC2)ccc1NC(=O)CN(C)C(=O)c1cccs1. The molecule has 6 nitrogen and oxygen atoms in total. The number of likely N-dealkylation sites (N-methyl/N-ethyl adjacent to an activating group) is 1. The summed E-state index contributed by atoms with van der Waals surface area (Å²) in [5, 5.41) is 7.76. The molecule has 2 N–H and O–H groups in total. The number of nitrogens with one attached hydrogen (secondary N) is 2. The molecule has 0 saturated heterocycles. The topological polar surface area (TPSA) is 78.5 Å². The predicted molar refractivity (Wildman–Crippen MR) is 115 cm³/mol. The molecule has 0 bridgehead atoms. The van der Waals surface area contributed by atoms with Gasteiger partial charge in [-0.1, -0.05) is 25.3 Å². The first-order chi connectivity index (χ1) is 13.9. The molecule has 0 aliphatic heterocycles. The van der Waals surface area contributed by atoms with Crippen LogP contribution in [-0.4, -0.2) is 42.3 Å². The second kappa shape index (κ2) is 9.69. The summed E-state index contributed by atoms with van der Waals surface area (Å²) in [6.07, 6.45) is 5.65. The van der Waals surface area contributed by atoms with Gasteiger partial charge in [0, 0.05) is 24.3 Å². The molecule has 0 radical (unpaired) electrons. The van der Waals surface area contributed by atoms with Crippen molar-refractivity contribution < 1.29 is 14.4 Å². The molecule has 1 aromatic carbocycles. The third-order valence-electron chi connectivity index (χ3n) is 5.16. The van der Waals surface area contributed by atoms with E-state index in [9.17, 15) is 14.4 Å². The monoisotopic (exact) mass is 413 g/mol. The highest BCUT2D eigenvalue weighted by Crippen LogP contribution is 2.20. The highest BCUT2D eigenvalue weighted by molar-refractivity contribution is 7.12. The zero-order chi connectivity index (χ0) is 20.8. The van der Waals surface area contributed by atoms with E-state index in [1.165, 1.54) is 35.5 Å². The van der Waals surface area contributed by atoms with Gasteiger partial charge in [-0.3, -0.25) is 14.4 Å². The van der Waals surface area contributed by atoms with Crippen molar-refractivity contribution in [2.24, 2.45) is 0 Å². The van der Waals surface area contributed by atoms with E-state index in [1.54, 1.807) is 37.4 Å². The lowest BCUT2D eigenvalue weighted by Crippen LogP contribution is -2.36. The van der Waals surface area contributed by atoms with Crippen molar-refractivity contribution in [2.45, 2.75) is 45.1 Å². The summed E-state index contributed by atoms with van der Waals surface area (Å²) in [6.45, 7) is 1.81. The molecule has 0 atom stereocenters. The van der Waals surface area contributed by atoms with Crippen molar-refractivity contribution in [3.63, 3.8) is 0 Å². The number of anilines is 1. The Morgan fingerprint density at radius 1 is 1.14 bits per heavy atom. The highest BCUT2D eigenvalue weighted by Gasteiger charge is 2.18. The van der Waals surface area contributed by atoms with E-state index in [4.69, 9.17) is 0 Å². The van der Waals surface area contributed by atoms with Gasteiger partial charge in [0.15, 0.2) is 0 Å². The fourth-order valence-corrected chi connectivity index (χ4v) is 4.24. The van der Waals surface area contributed by atoms with Gasteiger partial charge in [0.2, 0.25) is 5.91 Å². The summed E-state index contributed by atoms with van der Waals surface area (Å²) < 4.78 is 0. The van der Waals surface area contributed by atoms with Crippen LogP contribution in [0.5, 0.6) is 0 Å². The first kappa shape index (κ1) is 21.0. The summed E-state index contributed by atoms with van der Waals surface area (Å²) in [6, 6.07) is 9.05. The van der Waals surface area contributed by atoms with Crippen molar-refractivity contribution >= 4 is 34.7 Å². The van der Waals surface area contributed by atoms with E-state index < -0.39 is 0 Å². The minimum Gasteiger partial charge on any atom is -0.349 e. The number of rotatable bonds is 6. The van der Waals surface area contributed by atoms with E-state index in [0.29, 0.717) is 16.1 Å². The quantitative estimate of drug-likeness (QED) is 0.755. The number of carbonyl (C=O) groups is 3. The normalized spacial score (nSPS) is 14.3. The van der Waals surface area contributed by atoms with Gasteiger partial charge in [0.25, 0.3) is 11.8 Å². The molecule has 2 aromatic rings. The summed E-state index contributed by atoms with van der Waals surface area (Å²) in [4.78, 5) is 39.1. The summed E-state index contributed by atoms with van der Waals surface area (Å²) in [7, 11) is 1.60. The van der Waals surface area contributed by atoms with Crippen LogP contribution < -0.4 is 10.6 Å². The molecular weight excluding hydrogens is 386 g/mol. The maximum Gasteiger partial charge on any atom is 0.264 e. The third-order valence-corrected chi connectivity index (χ3v) is 6.02. The molecular formula is C22H27N3O3S. The van der Waals surface area contributed by atoms with Gasteiger partial charge in [0.05, 0.1) is 11.4 Å². The molecule has 0 unspecified atom stereocenters. The van der Waals surface area contributed by atoms with E-state index >= 15 is 0 Å². The molecule has 29 heavy (non-hydrogen) atoms. The second-order valence-electron chi connectivity index (χ2n) is 7.52. The van der Waals surface area contributed by atoms with Gasteiger partial charge in [-0.15, -0.1) is 11.3 Å². The van der Waals surface area contributed by atoms with E-state index in [-0.39, 0.29) is 30.3 Å². The van der Waals surface area contributed by atoms with Crippen molar-refractivity contribution in [2.75, 3.05) is 18.9 Å². The number of hydrogen-bond donors (Lipinski definition) is 2. The maximum absolute atomic E-state index is 12.5. The minimum absolute atomic E-state index is 0.0416. The van der Waals surface area contributed by atoms with Gasteiger partial charge in [-0.05, 0) is 55.0 Å². The minimum atomic E-state index is -0.278. The lowest BCUT2D eigenvalue weighted by atomic mass is 9.95. The fraction of sp³-hybridized carbons (Fsp3) is 0.409. The van der Waals surface area contributed by atoms with Crippen LogP contribution in [0.2, 0.25) is 0 Å². The Bertz CT molecular complexity index is 873. The molecule has 3 rings (SSSR count). The lowest BCUT2D eigenvalue weighted by molar-refractivity contribution is -0.116. The number of aryl methyl sites for hydroxylation is 1. The average molecular weight is 414 g/mol. The van der Waals surface area contributed by atoms with Crippen molar-refractivity contribution in [1.29, 1.82) is 0 Å². The molecule has 1 saturated carbocycles. The summed E-state index contributed by atoms with van der Waals surface area (Å²) in [5.74, 6) is -0.527. The molecule has 1 aliphatic carbocycles. The van der Waals surface area contributed by atoms with Gasteiger partial charge in [-0.25, -0.2) is 0 Å². The highest BCUT2D eigenvalue weighted by atomic mass is 32.1. The van der Waals surface area contributed by atoms with Crippen LogP contribution >= 0.6 is 11.3 Å². The Hall–Kier alpha value is -2.67. The van der Waals surface area contributed by atoms with Crippen LogP contribution in [0, 0.1) is 6.92 Å². The smallest absolute Gasteiger partial charge is 0.264 e. The van der Waals surface area contributed by atoms with Crippen molar-refractivity contribution in [3.8, 4) is 0 Å². The zero-order valence-electron chi connectivity index (χ0n) is 16.9. The number of amides is 3. The van der Waals surface area contributed by atoms with Crippen LogP contribution in [0.4, 0.5) is 5.69 Å². The van der Waals surface area contributed by atoms with E-state index in [2.05, 4.69) is 10.6 Å². The first-order valence-corrected chi connectivity index (χ1v) is 10.8. The predicted octanol–water partition coefficient (Wildman–Crippen LogP) is 3.83. The van der Waals surface area contributed by atoms with Gasteiger partial charge in [0.1, 0.15) is 0 Å². The van der Waals surface area contributed by atoms with Crippen LogP contribution in [0.1, 0.15) is 57.7 Å². The standard InChI is InChI=1S/C22H27N3O3S/c1-15-13-16(21(27)23-17-7-4-3-5-8-17)10-11-18(15)24-20(26)14-25(2)22(28)19-9-6-12-29-19/h6,9-13,17H,3-5,7-8,14H2,1-2H3,(H,23,27)(H,24,26). The Morgan fingerprint density at radius 2 is 1.90 bits per heavy atom. The lowest BCUT2D eigenvalue weighted by Gasteiger charge is -2.23. The van der Waals surface area contributed by atoms with E-state index in [0.717, 1.165) is 18.4 Å². The molecule has 1 aromatic heterocycles. The van der Waals surface area contributed by atoms with Gasteiger partial charge >= 0.3 is 0 Å².